The number of aryl methyl sites for hydroxylation is 1. The molecular formula is C17H25NO4S. The van der Waals surface area contributed by atoms with Gasteiger partial charge in [0, 0.05) is 19.1 Å². The van der Waals surface area contributed by atoms with E-state index in [1.54, 1.807) is 19.2 Å². The lowest BCUT2D eigenvalue weighted by Gasteiger charge is -2.43. The van der Waals surface area contributed by atoms with Crippen molar-refractivity contribution < 1.29 is 17.9 Å². The lowest BCUT2D eigenvalue weighted by atomic mass is 9.78. The van der Waals surface area contributed by atoms with Gasteiger partial charge in [0.1, 0.15) is 0 Å². The fraction of sp³-hybridized carbons (Fsp3) is 0.647. The molecule has 1 heterocycles. The average molecular weight is 339 g/mol. The molecule has 5 nitrogen and oxygen atoms in total. The summed E-state index contributed by atoms with van der Waals surface area (Å²) in [5.74, 6) is 0.232. The maximum atomic E-state index is 12.6. The molecule has 128 valence electrons. The maximum absolute atomic E-state index is 12.6. The summed E-state index contributed by atoms with van der Waals surface area (Å²) in [5, 5.41) is 0. The first-order chi connectivity index (χ1) is 11.0. The van der Waals surface area contributed by atoms with Gasteiger partial charge >= 0.3 is 0 Å². The van der Waals surface area contributed by atoms with Crippen molar-refractivity contribution in [2.24, 2.45) is 5.92 Å². The molecule has 6 heteroatoms. The number of hydrogen-bond donors (Lipinski definition) is 1. The molecule has 2 fully saturated rings. The standard InChI is InChI=1S/C17H25NO4S/c1-12-6-8-13(9-7-12)23(19,20)18-15-4-3-5-16-14(15)10-11-17(21-2)22-16/h6-9,14-18H,3-5,10-11H2,1-2H3/t14?,15-,16?,17+/m0/s1. The van der Waals surface area contributed by atoms with Crippen molar-refractivity contribution in [1.82, 2.24) is 4.72 Å². The molecule has 0 bridgehead atoms. The normalized spacial score (nSPS) is 31.6. The summed E-state index contributed by atoms with van der Waals surface area (Å²) < 4.78 is 39.4. The molecule has 2 aliphatic rings. The Labute approximate surface area is 138 Å². The summed E-state index contributed by atoms with van der Waals surface area (Å²) in [6, 6.07) is 6.92. The molecule has 4 atom stereocenters. The molecule has 1 saturated carbocycles. The number of nitrogens with one attached hydrogen (secondary N) is 1. The highest BCUT2D eigenvalue weighted by Gasteiger charge is 2.40. The van der Waals surface area contributed by atoms with E-state index in [1.165, 1.54) is 0 Å². The van der Waals surface area contributed by atoms with Gasteiger partial charge in [0.05, 0.1) is 11.0 Å². The average Bonchev–Trinajstić information content (AvgIpc) is 2.54. The van der Waals surface area contributed by atoms with Crippen LogP contribution in [-0.2, 0) is 19.5 Å². The minimum absolute atomic E-state index is 0.0575. The van der Waals surface area contributed by atoms with Crippen molar-refractivity contribution in [2.75, 3.05) is 7.11 Å². The number of hydrogen-bond acceptors (Lipinski definition) is 4. The molecule has 0 amide bonds. The fourth-order valence-electron chi connectivity index (χ4n) is 3.68. The molecule has 23 heavy (non-hydrogen) atoms. The third-order valence-electron chi connectivity index (χ3n) is 4.96. The summed E-state index contributed by atoms with van der Waals surface area (Å²) in [7, 11) is -1.82. The van der Waals surface area contributed by atoms with Crippen LogP contribution >= 0.6 is 0 Å². The first kappa shape index (κ1) is 16.9. The first-order valence-corrected chi connectivity index (χ1v) is 9.75. The number of methoxy groups -OCH3 is 1. The van der Waals surface area contributed by atoms with E-state index >= 15 is 0 Å². The predicted octanol–water partition coefficient (Wildman–Crippen LogP) is 2.59. The molecule has 1 saturated heterocycles. The number of benzene rings is 1. The summed E-state index contributed by atoms with van der Waals surface area (Å²) in [5.41, 5.74) is 1.05. The van der Waals surface area contributed by atoms with E-state index in [0.717, 1.165) is 37.7 Å². The maximum Gasteiger partial charge on any atom is 0.240 e. The van der Waals surface area contributed by atoms with Crippen LogP contribution in [0.2, 0.25) is 0 Å². The minimum Gasteiger partial charge on any atom is -0.356 e. The summed E-state index contributed by atoms with van der Waals surface area (Å²) in [4.78, 5) is 0.330. The van der Waals surface area contributed by atoms with Crippen LogP contribution in [0.4, 0.5) is 0 Å². The second-order valence-corrected chi connectivity index (χ2v) is 8.27. The fourth-order valence-corrected chi connectivity index (χ4v) is 5.00. The number of sulfonamides is 1. The Hall–Kier alpha value is -0.950. The van der Waals surface area contributed by atoms with Crippen molar-refractivity contribution in [2.45, 2.75) is 62.4 Å². The molecule has 1 N–H and O–H groups in total. The lowest BCUT2D eigenvalue weighted by Crippen LogP contribution is -2.51. The summed E-state index contributed by atoms with van der Waals surface area (Å²) >= 11 is 0. The van der Waals surface area contributed by atoms with Crippen LogP contribution in [0, 0.1) is 12.8 Å². The van der Waals surface area contributed by atoms with Gasteiger partial charge in [0.25, 0.3) is 0 Å². The Bertz CT molecular complexity index is 628. The van der Waals surface area contributed by atoms with E-state index in [2.05, 4.69) is 4.72 Å². The van der Waals surface area contributed by atoms with Gasteiger partial charge in [-0.2, -0.15) is 0 Å². The quantitative estimate of drug-likeness (QED) is 0.916. The predicted molar refractivity (Wildman–Crippen MR) is 87.5 cm³/mol. The van der Waals surface area contributed by atoms with Gasteiger partial charge in [-0.05, 0) is 51.2 Å². The Morgan fingerprint density at radius 2 is 1.87 bits per heavy atom. The molecule has 0 spiro atoms. The van der Waals surface area contributed by atoms with Crippen molar-refractivity contribution in [3.8, 4) is 0 Å². The molecule has 0 radical (unpaired) electrons. The topological polar surface area (TPSA) is 64.6 Å². The van der Waals surface area contributed by atoms with Gasteiger partial charge in [-0.1, -0.05) is 17.7 Å². The highest BCUT2D eigenvalue weighted by Crippen LogP contribution is 2.36. The molecule has 1 aromatic rings. The Morgan fingerprint density at radius 3 is 2.57 bits per heavy atom. The SMILES string of the molecule is CO[C@H]1CCC2C(CCC[C@@H]2NS(=O)(=O)c2ccc(C)cc2)O1. The third-order valence-corrected chi connectivity index (χ3v) is 6.47. The van der Waals surface area contributed by atoms with Gasteiger partial charge < -0.3 is 9.47 Å². The van der Waals surface area contributed by atoms with E-state index in [0.29, 0.717) is 4.90 Å². The van der Waals surface area contributed by atoms with Crippen LogP contribution in [0.5, 0.6) is 0 Å². The molecule has 0 aromatic heterocycles. The van der Waals surface area contributed by atoms with Crippen molar-refractivity contribution in [3.05, 3.63) is 29.8 Å². The Balaban J connectivity index is 1.72. The van der Waals surface area contributed by atoms with E-state index in [1.807, 2.05) is 19.1 Å². The molecule has 1 aliphatic carbocycles. The number of fused-ring (bicyclic) bond motifs is 1. The van der Waals surface area contributed by atoms with E-state index in [-0.39, 0.29) is 24.4 Å². The Morgan fingerprint density at radius 1 is 1.13 bits per heavy atom. The lowest BCUT2D eigenvalue weighted by molar-refractivity contribution is -0.207. The zero-order chi connectivity index (χ0) is 16.4. The zero-order valence-corrected chi connectivity index (χ0v) is 14.5. The minimum atomic E-state index is -3.48. The second-order valence-electron chi connectivity index (χ2n) is 6.55. The van der Waals surface area contributed by atoms with Crippen molar-refractivity contribution in [3.63, 3.8) is 0 Å². The van der Waals surface area contributed by atoms with Gasteiger partial charge in [0.2, 0.25) is 10.0 Å². The van der Waals surface area contributed by atoms with Gasteiger partial charge in [-0.15, -0.1) is 0 Å². The zero-order valence-electron chi connectivity index (χ0n) is 13.7. The van der Waals surface area contributed by atoms with Gasteiger partial charge in [0.15, 0.2) is 6.29 Å². The number of ether oxygens (including phenoxy) is 2. The molecular weight excluding hydrogens is 314 g/mol. The van der Waals surface area contributed by atoms with Crippen molar-refractivity contribution >= 4 is 10.0 Å². The molecule has 2 unspecified atom stereocenters. The monoisotopic (exact) mass is 339 g/mol. The van der Waals surface area contributed by atoms with Crippen LogP contribution in [0.15, 0.2) is 29.2 Å². The smallest absolute Gasteiger partial charge is 0.240 e. The second kappa shape index (κ2) is 6.89. The van der Waals surface area contributed by atoms with E-state index in [9.17, 15) is 8.42 Å². The van der Waals surface area contributed by atoms with E-state index in [4.69, 9.17) is 9.47 Å². The van der Waals surface area contributed by atoms with Crippen molar-refractivity contribution in [1.29, 1.82) is 0 Å². The highest BCUT2D eigenvalue weighted by molar-refractivity contribution is 7.89. The first-order valence-electron chi connectivity index (χ1n) is 8.27. The van der Waals surface area contributed by atoms with Crippen LogP contribution in [0.3, 0.4) is 0 Å². The molecule has 1 aromatic carbocycles. The van der Waals surface area contributed by atoms with E-state index < -0.39 is 10.0 Å². The van der Waals surface area contributed by atoms with Crippen LogP contribution in [0.1, 0.15) is 37.7 Å². The van der Waals surface area contributed by atoms with Gasteiger partial charge in [-0.3, -0.25) is 0 Å². The highest BCUT2D eigenvalue weighted by atomic mass is 32.2. The summed E-state index contributed by atoms with van der Waals surface area (Å²) in [6.45, 7) is 1.95. The Kier molecular flexibility index (Phi) is 5.06. The largest absolute Gasteiger partial charge is 0.356 e. The molecule has 1 aliphatic heterocycles. The third kappa shape index (κ3) is 3.76. The van der Waals surface area contributed by atoms with Crippen LogP contribution < -0.4 is 4.72 Å². The van der Waals surface area contributed by atoms with Crippen LogP contribution in [-0.4, -0.2) is 34.0 Å². The van der Waals surface area contributed by atoms with Crippen LogP contribution in [0.25, 0.3) is 0 Å². The number of rotatable bonds is 4. The van der Waals surface area contributed by atoms with Gasteiger partial charge in [-0.25, -0.2) is 13.1 Å². The summed E-state index contributed by atoms with van der Waals surface area (Å²) in [6.07, 6.45) is 4.51. The molecule has 3 rings (SSSR count).